The molecule has 0 unspecified atom stereocenters. The molecule has 1 saturated heterocycles. The van der Waals surface area contributed by atoms with Gasteiger partial charge in [-0.15, -0.1) is 0 Å². The smallest absolute Gasteiger partial charge is 0.365 e. The van der Waals surface area contributed by atoms with Crippen LogP contribution in [0, 0.1) is 5.92 Å². The number of amides is 1. The second-order valence-electron chi connectivity index (χ2n) is 8.16. The van der Waals surface area contributed by atoms with Gasteiger partial charge in [0.1, 0.15) is 5.82 Å². The lowest BCUT2D eigenvalue weighted by atomic mass is 10.0. The number of aromatic nitrogens is 3. The minimum absolute atomic E-state index is 0.0543. The number of piperidine rings is 1. The molecule has 1 saturated carbocycles. The lowest BCUT2D eigenvalue weighted by molar-refractivity contribution is -0.137. The largest absolute Gasteiger partial charge is 0.417 e. The van der Waals surface area contributed by atoms with Crippen molar-refractivity contribution in [2.24, 2.45) is 5.92 Å². The molecule has 2 aliphatic rings. The fourth-order valence-electron chi connectivity index (χ4n) is 4.71. The Hall–Kier alpha value is -3.49. The standard InChI is InChI=1S/C23H20F3N5O/c24-23(25,26)15-6-7-20(29-12-15)30-18-10-14-11-19(18)31(13-14)22(32)17-5-2-1-4-16(17)21-27-8-3-9-28-21/h1-9,12,14,18-19H,10-11,13H2,(H,29,30)/t14-,18-,19+/m1/s1. The van der Waals surface area contributed by atoms with Crippen LogP contribution in [0.25, 0.3) is 11.4 Å². The lowest BCUT2D eigenvalue weighted by Gasteiger charge is -2.34. The molecule has 5 rings (SSSR count). The van der Waals surface area contributed by atoms with Crippen molar-refractivity contribution in [3.05, 3.63) is 72.2 Å². The Balaban J connectivity index is 1.35. The van der Waals surface area contributed by atoms with Gasteiger partial charge in [-0.25, -0.2) is 15.0 Å². The molecule has 2 aromatic heterocycles. The molecule has 3 heterocycles. The predicted octanol–water partition coefficient (Wildman–Crippen LogP) is 4.27. The molecule has 2 fully saturated rings. The van der Waals surface area contributed by atoms with Gasteiger partial charge < -0.3 is 10.2 Å². The Bertz CT molecular complexity index is 1120. The van der Waals surface area contributed by atoms with E-state index in [2.05, 4.69) is 20.3 Å². The molecule has 1 aromatic carbocycles. The van der Waals surface area contributed by atoms with Crippen molar-refractivity contribution in [3.63, 3.8) is 0 Å². The zero-order valence-corrected chi connectivity index (χ0v) is 17.0. The predicted molar refractivity (Wildman–Crippen MR) is 112 cm³/mol. The van der Waals surface area contributed by atoms with E-state index in [1.807, 2.05) is 23.1 Å². The van der Waals surface area contributed by atoms with Crippen LogP contribution in [0.2, 0.25) is 0 Å². The van der Waals surface area contributed by atoms with Gasteiger partial charge in [0.05, 0.1) is 17.2 Å². The summed E-state index contributed by atoms with van der Waals surface area (Å²) in [5, 5.41) is 3.24. The van der Waals surface area contributed by atoms with Crippen molar-refractivity contribution < 1.29 is 18.0 Å². The molecule has 6 nitrogen and oxygen atoms in total. The SMILES string of the molecule is O=C(c1ccccc1-c1ncccn1)N1C[C@@H]2C[C@@H](Nc3ccc(C(F)(F)F)cn3)[C@@H]1C2. The van der Waals surface area contributed by atoms with Gasteiger partial charge in [-0.2, -0.15) is 13.2 Å². The van der Waals surface area contributed by atoms with Crippen LogP contribution >= 0.6 is 0 Å². The Morgan fingerprint density at radius 1 is 1.00 bits per heavy atom. The summed E-state index contributed by atoms with van der Waals surface area (Å²) in [6, 6.07) is 11.2. The number of pyridine rings is 1. The number of rotatable bonds is 4. The Morgan fingerprint density at radius 3 is 2.47 bits per heavy atom. The van der Waals surface area contributed by atoms with E-state index in [1.54, 1.807) is 24.5 Å². The van der Waals surface area contributed by atoms with Crippen molar-refractivity contribution >= 4 is 11.7 Å². The number of carbonyl (C=O) groups excluding carboxylic acids is 1. The highest BCUT2D eigenvalue weighted by Crippen LogP contribution is 2.40. The van der Waals surface area contributed by atoms with Gasteiger partial charge in [0.25, 0.3) is 5.91 Å². The first-order chi connectivity index (χ1) is 15.4. The van der Waals surface area contributed by atoms with Crippen LogP contribution in [0.4, 0.5) is 19.0 Å². The molecular formula is C23H20F3N5O. The number of nitrogens with one attached hydrogen (secondary N) is 1. The summed E-state index contributed by atoms with van der Waals surface area (Å²) < 4.78 is 38.4. The number of halogens is 3. The minimum Gasteiger partial charge on any atom is -0.365 e. The third kappa shape index (κ3) is 3.79. The van der Waals surface area contributed by atoms with Crippen LogP contribution in [0.1, 0.15) is 28.8 Å². The van der Waals surface area contributed by atoms with E-state index in [-0.39, 0.29) is 18.0 Å². The molecule has 1 N–H and O–H groups in total. The molecule has 3 atom stereocenters. The lowest BCUT2D eigenvalue weighted by Crippen LogP contribution is -2.47. The Labute approximate surface area is 182 Å². The average Bonchev–Trinajstić information content (AvgIpc) is 3.40. The number of hydrogen-bond acceptors (Lipinski definition) is 5. The van der Waals surface area contributed by atoms with Crippen LogP contribution < -0.4 is 5.32 Å². The summed E-state index contributed by atoms with van der Waals surface area (Å²) in [5.41, 5.74) is 0.431. The molecule has 0 radical (unpaired) electrons. The minimum atomic E-state index is -4.42. The van der Waals surface area contributed by atoms with Crippen LogP contribution in [0.5, 0.6) is 0 Å². The molecule has 32 heavy (non-hydrogen) atoms. The maximum Gasteiger partial charge on any atom is 0.417 e. The van der Waals surface area contributed by atoms with Gasteiger partial charge in [0, 0.05) is 36.7 Å². The molecule has 9 heteroatoms. The van der Waals surface area contributed by atoms with Crippen LogP contribution in [-0.2, 0) is 6.18 Å². The normalized spacial score (nSPS) is 22.2. The van der Waals surface area contributed by atoms with Gasteiger partial charge in [0.15, 0.2) is 5.82 Å². The monoisotopic (exact) mass is 439 g/mol. The Kier molecular flexibility index (Phi) is 5.03. The summed E-state index contributed by atoms with van der Waals surface area (Å²) in [7, 11) is 0. The molecule has 164 valence electrons. The van der Waals surface area contributed by atoms with Gasteiger partial charge >= 0.3 is 6.18 Å². The zero-order chi connectivity index (χ0) is 22.3. The zero-order valence-electron chi connectivity index (χ0n) is 17.0. The highest BCUT2D eigenvalue weighted by molar-refractivity contribution is 6.00. The summed E-state index contributed by atoms with van der Waals surface area (Å²) in [6.45, 7) is 0.659. The number of hydrogen-bond donors (Lipinski definition) is 1. The van der Waals surface area contributed by atoms with E-state index >= 15 is 0 Å². The number of benzene rings is 1. The maximum absolute atomic E-state index is 13.5. The fraction of sp³-hybridized carbons (Fsp3) is 0.304. The van der Waals surface area contributed by atoms with Crippen molar-refractivity contribution in [3.8, 4) is 11.4 Å². The van der Waals surface area contributed by atoms with Gasteiger partial charge in [-0.05, 0) is 43.0 Å². The van der Waals surface area contributed by atoms with Gasteiger partial charge in [-0.3, -0.25) is 4.79 Å². The maximum atomic E-state index is 13.5. The van der Waals surface area contributed by atoms with E-state index < -0.39 is 11.7 Å². The van der Waals surface area contributed by atoms with Crippen molar-refractivity contribution in [1.82, 2.24) is 19.9 Å². The average molecular weight is 439 g/mol. The molecular weight excluding hydrogens is 419 g/mol. The molecule has 2 bridgehead atoms. The Morgan fingerprint density at radius 2 is 1.78 bits per heavy atom. The van der Waals surface area contributed by atoms with Crippen LogP contribution in [-0.4, -0.2) is 44.4 Å². The molecule has 1 aliphatic heterocycles. The van der Waals surface area contributed by atoms with E-state index in [0.717, 1.165) is 25.1 Å². The fourth-order valence-corrected chi connectivity index (χ4v) is 4.71. The molecule has 0 spiro atoms. The first-order valence-electron chi connectivity index (χ1n) is 10.4. The number of likely N-dealkylation sites (tertiary alicyclic amines) is 1. The third-order valence-electron chi connectivity index (χ3n) is 6.13. The number of fused-ring (bicyclic) bond motifs is 2. The van der Waals surface area contributed by atoms with Gasteiger partial charge in [-0.1, -0.05) is 18.2 Å². The summed E-state index contributed by atoms with van der Waals surface area (Å²) in [6.07, 6.45) is 1.39. The van der Waals surface area contributed by atoms with Crippen molar-refractivity contribution in [2.45, 2.75) is 31.1 Å². The number of carbonyl (C=O) groups is 1. The van der Waals surface area contributed by atoms with Crippen molar-refractivity contribution in [1.29, 1.82) is 0 Å². The highest BCUT2D eigenvalue weighted by atomic mass is 19.4. The van der Waals surface area contributed by atoms with Crippen molar-refractivity contribution in [2.75, 3.05) is 11.9 Å². The molecule has 1 aliphatic carbocycles. The summed E-state index contributed by atoms with van der Waals surface area (Å²) in [4.78, 5) is 27.8. The first kappa shape index (κ1) is 20.4. The topological polar surface area (TPSA) is 71.0 Å². The van der Waals surface area contributed by atoms with E-state index in [0.29, 0.717) is 35.2 Å². The molecule has 1 amide bonds. The van der Waals surface area contributed by atoms with Gasteiger partial charge in [0.2, 0.25) is 0 Å². The van der Waals surface area contributed by atoms with E-state index in [9.17, 15) is 18.0 Å². The number of anilines is 1. The summed E-state index contributed by atoms with van der Waals surface area (Å²) in [5.74, 6) is 1.12. The highest BCUT2D eigenvalue weighted by Gasteiger charge is 2.47. The third-order valence-corrected chi connectivity index (χ3v) is 6.13. The first-order valence-corrected chi connectivity index (χ1v) is 10.4. The van der Waals surface area contributed by atoms with Crippen LogP contribution in [0.3, 0.4) is 0 Å². The number of alkyl halides is 3. The quantitative estimate of drug-likeness (QED) is 0.657. The van der Waals surface area contributed by atoms with E-state index in [4.69, 9.17) is 0 Å². The van der Waals surface area contributed by atoms with E-state index in [1.165, 1.54) is 6.07 Å². The molecule has 3 aromatic rings. The second-order valence-corrected chi connectivity index (χ2v) is 8.16. The second kappa shape index (κ2) is 7.89. The summed E-state index contributed by atoms with van der Waals surface area (Å²) >= 11 is 0. The number of nitrogens with zero attached hydrogens (tertiary/aromatic N) is 4. The van der Waals surface area contributed by atoms with Crippen LogP contribution in [0.15, 0.2) is 61.1 Å².